The van der Waals surface area contributed by atoms with Crippen molar-refractivity contribution in [1.82, 2.24) is 0 Å². The minimum atomic E-state index is -4.01. The molecule has 0 aliphatic heterocycles. The highest BCUT2D eigenvalue weighted by molar-refractivity contribution is 7.55. The second-order valence-corrected chi connectivity index (χ2v) is 8.36. The SMILES string of the molecule is Cc1ccc([C@@H](C[N+](=O)[O-])P(=O)(Oc2ccccc2)Oc2ccccc2)cc1. The van der Waals surface area contributed by atoms with E-state index in [9.17, 15) is 14.7 Å². The molecule has 28 heavy (non-hydrogen) atoms. The van der Waals surface area contributed by atoms with Crippen LogP contribution in [0.5, 0.6) is 11.5 Å². The Morgan fingerprint density at radius 2 is 1.32 bits per heavy atom. The first kappa shape index (κ1) is 19.6. The van der Waals surface area contributed by atoms with Gasteiger partial charge in [0.25, 0.3) is 0 Å². The summed E-state index contributed by atoms with van der Waals surface area (Å²) in [5.41, 5.74) is 0.451. The smallest absolute Gasteiger partial charge is 0.415 e. The Morgan fingerprint density at radius 3 is 1.75 bits per heavy atom. The zero-order valence-corrected chi connectivity index (χ0v) is 16.2. The lowest BCUT2D eigenvalue weighted by atomic mass is 10.1. The van der Waals surface area contributed by atoms with Crippen LogP contribution in [0.4, 0.5) is 0 Å². The van der Waals surface area contributed by atoms with Crippen molar-refractivity contribution in [2.24, 2.45) is 0 Å². The Labute approximate surface area is 163 Å². The van der Waals surface area contributed by atoms with E-state index in [1.165, 1.54) is 0 Å². The van der Waals surface area contributed by atoms with Crippen molar-refractivity contribution < 1.29 is 18.5 Å². The van der Waals surface area contributed by atoms with Gasteiger partial charge in [0.05, 0.1) is 0 Å². The van der Waals surface area contributed by atoms with Crippen LogP contribution in [-0.4, -0.2) is 11.5 Å². The van der Waals surface area contributed by atoms with Gasteiger partial charge in [-0.05, 0) is 36.8 Å². The first-order valence-electron chi connectivity index (χ1n) is 8.74. The van der Waals surface area contributed by atoms with E-state index in [2.05, 4.69) is 0 Å². The third-order valence-electron chi connectivity index (χ3n) is 4.12. The van der Waals surface area contributed by atoms with Crippen molar-refractivity contribution in [1.29, 1.82) is 0 Å². The maximum Gasteiger partial charge on any atom is 0.444 e. The maximum atomic E-state index is 13.9. The van der Waals surface area contributed by atoms with Gasteiger partial charge in [-0.25, -0.2) is 4.57 Å². The lowest BCUT2D eigenvalue weighted by molar-refractivity contribution is -0.480. The Kier molecular flexibility index (Phi) is 6.12. The zero-order chi connectivity index (χ0) is 20.0. The summed E-state index contributed by atoms with van der Waals surface area (Å²) < 4.78 is 25.5. The van der Waals surface area contributed by atoms with Gasteiger partial charge < -0.3 is 9.05 Å². The third kappa shape index (κ3) is 4.99. The van der Waals surface area contributed by atoms with Crippen molar-refractivity contribution >= 4 is 7.60 Å². The molecule has 144 valence electrons. The Bertz CT molecular complexity index is 916. The van der Waals surface area contributed by atoms with Gasteiger partial charge in [-0.2, -0.15) is 0 Å². The molecule has 3 aromatic rings. The number of hydrogen-bond donors (Lipinski definition) is 0. The van der Waals surface area contributed by atoms with Crippen LogP contribution >= 0.6 is 7.60 Å². The second kappa shape index (κ2) is 8.72. The predicted molar refractivity (Wildman–Crippen MR) is 108 cm³/mol. The summed E-state index contributed by atoms with van der Waals surface area (Å²) in [6.45, 7) is 1.33. The number of para-hydroxylation sites is 2. The van der Waals surface area contributed by atoms with Gasteiger partial charge in [-0.15, -0.1) is 0 Å². The van der Waals surface area contributed by atoms with Gasteiger partial charge >= 0.3 is 7.60 Å². The summed E-state index contributed by atoms with van der Waals surface area (Å²) in [7, 11) is -4.01. The van der Waals surface area contributed by atoms with E-state index in [1.807, 2.05) is 19.1 Å². The molecule has 7 heteroatoms. The van der Waals surface area contributed by atoms with Gasteiger partial charge in [0.15, 0.2) is 5.66 Å². The molecule has 0 spiro atoms. The van der Waals surface area contributed by atoms with Crippen molar-refractivity contribution in [2.45, 2.75) is 12.6 Å². The molecule has 0 fully saturated rings. The summed E-state index contributed by atoms with van der Waals surface area (Å²) in [5, 5.41) is 11.4. The number of nitro groups is 1. The summed E-state index contributed by atoms with van der Waals surface area (Å²) in [5.74, 6) is 0.643. The van der Waals surface area contributed by atoms with Gasteiger partial charge in [0.2, 0.25) is 6.54 Å². The van der Waals surface area contributed by atoms with Gasteiger partial charge in [0.1, 0.15) is 11.5 Å². The van der Waals surface area contributed by atoms with E-state index in [0.29, 0.717) is 17.1 Å². The van der Waals surface area contributed by atoms with Crippen LogP contribution in [0.3, 0.4) is 0 Å². The van der Waals surface area contributed by atoms with Crippen LogP contribution in [0.25, 0.3) is 0 Å². The average Bonchev–Trinajstić information content (AvgIpc) is 2.68. The standard InChI is InChI=1S/C21H20NO5P/c1-17-12-14-18(15-13-17)21(16-22(23)24)28(25,26-19-8-4-2-5-9-19)27-20-10-6-3-7-11-20/h2-15,21H,16H2,1H3/t21-/m1/s1. The number of benzene rings is 3. The van der Waals surface area contributed by atoms with Crippen molar-refractivity contribution in [3.05, 3.63) is 106 Å². The molecule has 6 nitrogen and oxygen atoms in total. The van der Waals surface area contributed by atoms with E-state index in [0.717, 1.165) is 5.56 Å². The summed E-state index contributed by atoms with van der Waals surface area (Å²) in [4.78, 5) is 10.9. The van der Waals surface area contributed by atoms with Crippen LogP contribution in [-0.2, 0) is 4.57 Å². The number of nitrogens with zero attached hydrogens (tertiary/aromatic N) is 1. The topological polar surface area (TPSA) is 78.7 Å². The lowest BCUT2D eigenvalue weighted by Gasteiger charge is -2.25. The average molecular weight is 397 g/mol. The van der Waals surface area contributed by atoms with E-state index in [4.69, 9.17) is 9.05 Å². The van der Waals surface area contributed by atoms with Gasteiger partial charge in [-0.1, -0.05) is 66.2 Å². The second-order valence-electron chi connectivity index (χ2n) is 6.29. The predicted octanol–water partition coefficient (Wildman–Crippen LogP) is 5.66. The molecule has 0 aliphatic carbocycles. The Balaban J connectivity index is 2.06. The van der Waals surface area contributed by atoms with E-state index in [-0.39, 0.29) is 0 Å². The van der Waals surface area contributed by atoms with Crippen molar-refractivity contribution in [3.8, 4) is 11.5 Å². The molecule has 0 radical (unpaired) electrons. The molecular weight excluding hydrogens is 377 g/mol. The Hall–Kier alpha value is -3.11. The molecule has 3 aromatic carbocycles. The number of rotatable bonds is 8. The van der Waals surface area contributed by atoms with E-state index >= 15 is 0 Å². The zero-order valence-electron chi connectivity index (χ0n) is 15.3. The molecule has 0 bridgehead atoms. The fourth-order valence-corrected chi connectivity index (χ4v) is 4.71. The van der Waals surface area contributed by atoms with E-state index in [1.54, 1.807) is 72.8 Å². The van der Waals surface area contributed by atoms with Crippen LogP contribution in [0.2, 0.25) is 0 Å². The molecule has 1 atom stereocenters. The summed E-state index contributed by atoms with van der Waals surface area (Å²) in [6.07, 6.45) is 0. The van der Waals surface area contributed by atoms with Gasteiger partial charge in [0, 0.05) is 4.92 Å². The highest BCUT2D eigenvalue weighted by Gasteiger charge is 2.44. The lowest BCUT2D eigenvalue weighted by Crippen LogP contribution is -2.18. The molecule has 3 rings (SSSR count). The fraction of sp³-hybridized carbons (Fsp3) is 0.143. The third-order valence-corrected chi connectivity index (χ3v) is 6.27. The highest BCUT2D eigenvalue weighted by Crippen LogP contribution is 2.60. The van der Waals surface area contributed by atoms with Crippen LogP contribution in [0.1, 0.15) is 16.8 Å². The maximum absolute atomic E-state index is 13.9. The normalized spacial score (nSPS) is 12.2. The van der Waals surface area contributed by atoms with Crippen LogP contribution < -0.4 is 9.05 Å². The van der Waals surface area contributed by atoms with E-state index < -0.39 is 24.7 Å². The highest BCUT2D eigenvalue weighted by atomic mass is 31.2. The largest absolute Gasteiger partial charge is 0.444 e. The summed E-state index contributed by atoms with van der Waals surface area (Å²) >= 11 is 0. The van der Waals surface area contributed by atoms with Crippen molar-refractivity contribution in [2.75, 3.05) is 6.54 Å². The molecule has 0 aromatic heterocycles. The first-order valence-corrected chi connectivity index (χ1v) is 10.3. The van der Waals surface area contributed by atoms with Crippen LogP contribution in [0.15, 0.2) is 84.9 Å². The molecule has 0 heterocycles. The molecular formula is C21H20NO5P. The monoisotopic (exact) mass is 397 g/mol. The number of aryl methyl sites for hydroxylation is 1. The molecule has 0 amide bonds. The summed E-state index contributed by atoms with van der Waals surface area (Å²) in [6, 6.07) is 24.2. The first-order chi connectivity index (χ1) is 13.5. The van der Waals surface area contributed by atoms with Crippen molar-refractivity contribution in [3.63, 3.8) is 0 Å². The molecule has 0 unspecified atom stereocenters. The van der Waals surface area contributed by atoms with Gasteiger partial charge in [-0.3, -0.25) is 10.1 Å². The molecule has 0 aliphatic rings. The molecule has 0 saturated carbocycles. The number of hydrogen-bond acceptors (Lipinski definition) is 5. The Morgan fingerprint density at radius 1 is 0.857 bits per heavy atom. The minimum absolute atomic E-state index is 0.322. The quantitative estimate of drug-likeness (QED) is 0.278. The minimum Gasteiger partial charge on any atom is -0.415 e. The molecule has 0 saturated heterocycles. The molecule has 0 N–H and O–H groups in total. The fourth-order valence-electron chi connectivity index (χ4n) is 2.72. The van der Waals surface area contributed by atoms with Crippen LogP contribution in [0, 0.1) is 17.0 Å².